The van der Waals surface area contributed by atoms with Crippen LogP contribution >= 0.6 is 0 Å². The molecule has 0 aliphatic rings. The van der Waals surface area contributed by atoms with Gasteiger partial charge < -0.3 is 4.43 Å². The van der Waals surface area contributed by atoms with Gasteiger partial charge >= 0.3 is 6.18 Å². The smallest absolute Gasteiger partial charge is 0.416 e. The minimum atomic E-state index is -4.25. The van der Waals surface area contributed by atoms with Gasteiger partial charge in [0.05, 0.1) is 5.56 Å². The first kappa shape index (κ1) is 16.2. The predicted molar refractivity (Wildman–Crippen MR) is 73.7 cm³/mol. The number of alkyl halides is 3. The minimum Gasteiger partial charge on any atom is -0.418 e. The standard InChI is InChI=1S/C14H21F3OSi/c1-4-18-19(2,3)11-5-6-12-7-9-13(10-8-12)14(15,16)17/h7-10H,4-6,11H2,1-3H3. The third kappa shape index (κ3) is 5.78. The Hall–Kier alpha value is -0.813. The topological polar surface area (TPSA) is 9.23 Å². The van der Waals surface area contributed by atoms with Crippen LogP contribution in [0.1, 0.15) is 24.5 Å². The molecule has 0 fully saturated rings. The molecule has 1 aromatic carbocycles. The number of aryl methyl sites for hydroxylation is 1. The van der Waals surface area contributed by atoms with Crippen molar-refractivity contribution in [3.05, 3.63) is 35.4 Å². The summed E-state index contributed by atoms with van der Waals surface area (Å²) >= 11 is 0. The van der Waals surface area contributed by atoms with E-state index in [-0.39, 0.29) is 0 Å². The Morgan fingerprint density at radius 2 is 1.68 bits per heavy atom. The molecule has 0 amide bonds. The zero-order valence-corrected chi connectivity index (χ0v) is 12.7. The zero-order chi connectivity index (χ0) is 14.5. The van der Waals surface area contributed by atoms with Crippen LogP contribution in [0.3, 0.4) is 0 Å². The molecule has 0 N–H and O–H groups in total. The van der Waals surface area contributed by atoms with Crippen molar-refractivity contribution in [3.63, 3.8) is 0 Å². The number of halogens is 3. The number of rotatable bonds is 6. The molecule has 0 heterocycles. The van der Waals surface area contributed by atoms with E-state index < -0.39 is 20.1 Å². The van der Waals surface area contributed by atoms with E-state index in [0.29, 0.717) is 0 Å². The van der Waals surface area contributed by atoms with Crippen LogP contribution in [-0.2, 0) is 17.0 Å². The van der Waals surface area contributed by atoms with Crippen molar-refractivity contribution in [1.29, 1.82) is 0 Å². The SMILES string of the molecule is CCO[Si](C)(C)CCCc1ccc(C(F)(F)F)cc1. The number of hydrogen-bond donors (Lipinski definition) is 0. The molecule has 0 atom stereocenters. The van der Waals surface area contributed by atoms with E-state index in [0.717, 1.165) is 43.2 Å². The summed E-state index contributed by atoms with van der Waals surface area (Å²) in [6, 6.07) is 6.47. The van der Waals surface area contributed by atoms with Crippen molar-refractivity contribution < 1.29 is 17.6 Å². The molecule has 1 nitrogen and oxygen atoms in total. The second-order valence-corrected chi connectivity index (χ2v) is 9.55. The summed E-state index contributed by atoms with van der Waals surface area (Å²) < 4.78 is 42.9. The third-order valence-corrected chi connectivity index (χ3v) is 5.69. The van der Waals surface area contributed by atoms with E-state index in [1.165, 1.54) is 0 Å². The molecule has 0 saturated heterocycles. The van der Waals surface area contributed by atoms with Gasteiger partial charge in [0.25, 0.3) is 0 Å². The molecule has 0 unspecified atom stereocenters. The second-order valence-electron chi connectivity index (χ2n) is 5.24. The molecule has 0 bridgehead atoms. The highest BCUT2D eigenvalue weighted by molar-refractivity contribution is 6.71. The van der Waals surface area contributed by atoms with Crippen molar-refractivity contribution in [3.8, 4) is 0 Å². The first-order chi connectivity index (χ1) is 8.74. The summed E-state index contributed by atoms with van der Waals surface area (Å²) in [6.45, 7) is 7.07. The van der Waals surface area contributed by atoms with Crippen molar-refractivity contribution >= 4 is 8.32 Å². The predicted octanol–water partition coefficient (Wildman–Crippen LogP) is 4.88. The third-order valence-electron chi connectivity index (χ3n) is 3.06. The Kier molecular flexibility index (Phi) is 5.61. The highest BCUT2D eigenvalue weighted by Crippen LogP contribution is 2.29. The minimum absolute atomic E-state index is 0.583. The molecule has 108 valence electrons. The highest BCUT2D eigenvalue weighted by atomic mass is 28.4. The normalized spacial score (nSPS) is 12.7. The summed E-state index contributed by atoms with van der Waals surface area (Å²) in [5.41, 5.74) is 0.370. The highest BCUT2D eigenvalue weighted by Gasteiger charge is 2.29. The van der Waals surface area contributed by atoms with Gasteiger partial charge in [-0.2, -0.15) is 13.2 Å². The van der Waals surface area contributed by atoms with Crippen LogP contribution in [0.2, 0.25) is 19.1 Å². The molecule has 1 rings (SSSR count). The van der Waals surface area contributed by atoms with Gasteiger partial charge in [0.15, 0.2) is 8.32 Å². The fourth-order valence-corrected chi connectivity index (χ4v) is 4.00. The summed E-state index contributed by atoms with van der Waals surface area (Å²) in [6.07, 6.45) is -2.48. The maximum Gasteiger partial charge on any atom is 0.416 e. The molecular weight excluding hydrogens is 269 g/mol. The van der Waals surface area contributed by atoms with Crippen LogP contribution in [0, 0.1) is 0 Å². The molecule has 0 aliphatic heterocycles. The van der Waals surface area contributed by atoms with Gasteiger partial charge in [-0.15, -0.1) is 0 Å². The van der Waals surface area contributed by atoms with Gasteiger partial charge in [-0.25, -0.2) is 0 Å². The van der Waals surface area contributed by atoms with Gasteiger partial charge in [0.1, 0.15) is 0 Å². The Bertz CT molecular complexity index is 385. The van der Waals surface area contributed by atoms with Crippen molar-refractivity contribution in [2.45, 2.75) is 45.1 Å². The lowest BCUT2D eigenvalue weighted by molar-refractivity contribution is -0.137. The van der Waals surface area contributed by atoms with Gasteiger partial charge in [-0.05, 0) is 56.6 Å². The molecule has 5 heteroatoms. The van der Waals surface area contributed by atoms with Gasteiger partial charge in [0, 0.05) is 6.61 Å². The molecule has 0 radical (unpaired) electrons. The molecular formula is C14H21F3OSi. The molecule has 19 heavy (non-hydrogen) atoms. The van der Waals surface area contributed by atoms with Gasteiger partial charge in [-0.3, -0.25) is 0 Å². The average Bonchev–Trinajstić information content (AvgIpc) is 2.28. The Morgan fingerprint density at radius 1 is 1.11 bits per heavy atom. The van der Waals surface area contributed by atoms with Crippen LogP contribution in [0.4, 0.5) is 13.2 Å². The maximum atomic E-state index is 12.4. The zero-order valence-electron chi connectivity index (χ0n) is 11.7. The van der Waals surface area contributed by atoms with Crippen molar-refractivity contribution in [1.82, 2.24) is 0 Å². The summed E-state index contributed by atoms with van der Waals surface area (Å²) in [5, 5.41) is 0. The van der Waals surface area contributed by atoms with Crippen LogP contribution in [-0.4, -0.2) is 14.9 Å². The van der Waals surface area contributed by atoms with Crippen LogP contribution < -0.4 is 0 Å². The van der Waals surface area contributed by atoms with E-state index in [1.807, 2.05) is 6.92 Å². The first-order valence-corrected chi connectivity index (χ1v) is 9.66. The lowest BCUT2D eigenvalue weighted by Crippen LogP contribution is -2.30. The lowest BCUT2D eigenvalue weighted by Gasteiger charge is -2.21. The summed E-state index contributed by atoms with van der Waals surface area (Å²) in [7, 11) is -1.58. The Labute approximate surface area is 113 Å². The maximum absolute atomic E-state index is 12.4. The van der Waals surface area contributed by atoms with E-state index >= 15 is 0 Å². The number of hydrogen-bond acceptors (Lipinski definition) is 1. The average molecular weight is 290 g/mol. The van der Waals surface area contributed by atoms with E-state index in [2.05, 4.69) is 13.1 Å². The van der Waals surface area contributed by atoms with Crippen molar-refractivity contribution in [2.75, 3.05) is 6.61 Å². The number of benzene rings is 1. The molecule has 0 aliphatic carbocycles. The molecule has 1 aromatic rings. The van der Waals surface area contributed by atoms with E-state index in [1.54, 1.807) is 12.1 Å². The monoisotopic (exact) mass is 290 g/mol. The van der Waals surface area contributed by atoms with Crippen LogP contribution in [0.25, 0.3) is 0 Å². The van der Waals surface area contributed by atoms with Gasteiger partial charge in [-0.1, -0.05) is 12.1 Å². The summed E-state index contributed by atoms with van der Waals surface area (Å²) in [5.74, 6) is 0. The molecule has 0 saturated carbocycles. The lowest BCUT2D eigenvalue weighted by atomic mass is 10.1. The van der Waals surface area contributed by atoms with Crippen LogP contribution in [0.5, 0.6) is 0 Å². The fraction of sp³-hybridized carbons (Fsp3) is 0.571. The second kappa shape index (κ2) is 6.57. The quantitative estimate of drug-likeness (QED) is 0.678. The Balaban J connectivity index is 2.47. The summed E-state index contributed by atoms with van der Waals surface area (Å²) in [4.78, 5) is 0. The van der Waals surface area contributed by atoms with Crippen molar-refractivity contribution in [2.24, 2.45) is 0 Å². The largest absolute Gasteiger partial charge is 0.418 e. The molecule has 0 spiro atoms. The van der Waals surface area contributed by atoms with Gasteiger partial charge in [0.2, 0.25) is 0 Å². The fourth-order valence-electron chi connectivity index (χ4n) is 2.04. The Morgan fingerprint density at radius 3 is 2.16 bits per heavy atom. The van der Waals surface area contributed by atoms with E-state index in [9.17, 15) is 13.2 Å². The van der Waals surface area contributed by atoms with Crippen LogP contribution in [0.15, 0.2) is 24.3 Å². The molecule has 0 aromatic heterocycles. The first-order valence-electron chi connectivity index (χ1n) is 6.55. The van der Waals surface area contributed by atoms with E-state index in [4.69, 9.17) is 4.43 Å².